The minimum absolute atomic E-state index is 0.265. The van der Waals surface area contributed by atoms with Crippen molar-refractivity contribution < 1.29 is 4.42 Å². The molecule has 7 aromatic heterocycles. The number of nitrogen functional groups attached to an aromatic ring is 7. The van der Waals surface area contributed by atoms with Gasteiger partial charge in [-0.15, -0.1) is 11.3 Å². The minimum Gasteiger partial charge on any atom is -0.463 e. The molecule has 7 heterocycles. The van der Waals surface area contributed by atoms with Gasteiger partial charge in [0.25, 0.3) is 0 Å². The quantitative estimate of drug-likeness (QED) is 0.0427. The maximum Gasteiger partial charge on any atom is 0.219 e. The van der Waals surface area contributed by atoms with Gasteiger partial charge in [-0.3, -0.25) is 0 Å². The number of hydrogen-bond donors (Lipinski definition) is 10. The molecule has 0 spiro atoms. The molecule has 2 aliphatic carbocycles. The van der Waals surface area contributed by atoms with Crippen molar-refractivity contribution in [2.75, 3.05) is 69.7 Å². The first kappa shape index (κ1) is 64.7. The number of aromatic nitrogens is 10. The molecular weight excluding hydrogens is 1230 g/mol. The Morgan fingerprint density at radius 1 is 0.392 bits per heavy atom. The summed E-state index contributed by atoms with van der Waals surface area (Å²) in [5.74, 6) is 14.7. The molecule has 0 radical (unpaired) electrons. The van der Waals surface area contributed by atoms with Crippen molar-refractivity contribution in [1.82, 2.24) is 48.3 Å². The van der Waals surface area contributed by atoms with Gasteiger partial charge in [-0.2, -0.15) is 0 Å². The molecule has 2 unspecified atom stereocenters. The van der Waals surface area contributed by atoms with Crippen LogP contribution < -0.4 is 56.6 Å². The van der Waals surface area contributed by atoms with Gasteiger partial charge in [-0.1, -0.05) is 200 Å². The van der Waals surface area contributed by atoms with E-state index in [4.69, 9.17) is 44.8 Å². The van der Waals surface area contributed by atoms with Gasteiger partial charge in [0.1, 0.15) is 11.4 Å². The van der Waals surface area contributed by atoms with Gasteiger partial charge < -0.3 is 61.0 Å². The van der Waals surface area contributed by atoms with E-state index in [0.29, 0.717) is 53.6 Å². The Kier molecular flexibility index (Phi) is 20.7. The summed E-state index contributed by atoms with van der Waals surface area (Å²) in [6.07, 6.45) is 16.7. The number of rotatable bonds is 15. The van der Waals surface area contributed by atoms with E-state index < -0.39 is 0 Å². The third-order valence-electron chi connectivity index (χ3n) is 16.8. The van der Waals surface area contributed by atoms with Crippen LogP contribution in [0.4, 0.5) is 29.7 Å². The second kappa shape index (κ2) is 31.0. The van der Waals surface area contributed by atoms with Crippen LogP contribution in [0.3, 0.4) is 0 Å². The Morgan fingerprint density at radius 2 is 0.825 bits per heavy atom. The minimum atomic E-state index is 0.265. The molecule has 2 atom stereocenters. The van der Waals surface area contributed by atoms with Crippen molar-refractivity contribution in [3.05, 3.63) is 289 Å². The first-order valence-electron chi connectivity index (χ1n) is 32.0. The molecule has 0 saturated carbocycles. The molecule has 17 N–H and O–H groups in total. The van der Waals surface area contributed by atoms with Gasteiger partial charge >= 0.3 is 0 Å². The Labute approximate surface area is 566 Å². The third-order valence-corrected chi connectivity index (χ3v) is 17.7. The van der Waals surface area contributed by atoms with Crippen molar-refractivity contribution in [2.24, 2.45) is 0 Å². The number of nitrogens with two attached hydrogens (primary N) is 7. The molecule has 0 amide bonds. The standard InChI is InChI=1S/C22H20N4.C20H22N4.C19H20N4.C7H8N4O.C7H8N4S/c23-22-25-21(20-9-5-2-6-10-20)16-26(22)24-15-17-11-13-19(14-12-17)18-7-3-1-4-8-18;21-20-23-19(16-8-2-1-3-9-16)14-24(20)22-13-17-11-6-10-15-7-4-5-12-18(15)17;20-19-22-18(15-7-2-1-3-8-15)13-23(19)21-12-16-11-10-14-6-4-5-9-17(14)16;2*8-7-10-5(4-11(7)9)6-2-1-3-12-6/h1-14,16,24H,15H2,(H2,23,25);1-5,7-9,12,14,17,22H,6,10-11,13H2,(H2,21,23);1-9,13,16,21H,10-12H2,(H2,20,22);2*1-4H,9H2,(H2,8,10). The highest BCUT2D eigenvalue weighted by Crippen LogP contribution is 2.34. The molecule has 0 bridgehead atoms. The van der Waals surface area contributed by atoms with E-state index in [1.807, 2.05) is 143 Å². The predicted molar refractivity (Wildman–Crippen MR) is 394 cm³/mol. The van der Waals surface area contributed by atoms with Gasteiger partial charge in [0.05, 0.1) is 65.8 Å². The predicted octanol–water partition coefficient (Wildman–Crippen LogP) is 13.1. The van der Waals surface area contributed by atoms with Crippen LogP contribution in [0.15, 0.2) is 265 Å². The number of hydrogen-bond acceptors (Lipinski definition) is 17. The second-order valence-corrected chi connectivity index (χ2v) is 24.2. The van der Waals surface area contributed by atoms with Crippen LogP contribution in [0.2, 0.25) is 0 Å². The molecule has 490 valence electrons. The summed E-state index contributed by atoms with van der Waals surface area (Å²) in [5, 5.41) is 1.99. The van der Waals surface area contributed by atoms with Gasteiger partial charge in [0, 0.05) is 41.6 Å². The molecule has 21 nitrogen and oxygen atoms in total. The second-order valence-electron chi connectivity index (χ2n) is 23.2. The van der Waals surface area contributed by atoms with E-state index in [2.05, 4.69) is 138 Å². The van der Waals surface area contributed by atoms with Gasteiger partial charge in [0.2, 0.25) is 29.7 Å². The number of thiophene rings is 1. The number of nitrogens with one attached hydrogen (secondary N) is 3. The highest BCUT2D eigenvalue weighted by atomic mass is 32.1. The van der Waals surface area contributed by atoms with E-state index in [9.17, 15) is 0 Å². The summed E-state index contributed by atoms with van der Waals surface area (Å²) in [4.78, 5) is 22.5. The van der Waals surface area contributed by atoms with E-state index in [1.165, 1.54) is 74.0 Å². The van der Waals surface area contributed by atoms with E-state index in [1.54, 1.807) is 46.8 Å². The monoisotopic (exact) mass is 1310 g/mol. The number of fused-ring (bicyclic) bond motifs is 2. The van der Waals surface area contributed by atoms with E-state index in [0.717, 1.165) is 63.9 Å². The number of aryl methyl sites for hydroxylation is 2. The lowest BCUT2D eigenvalue weighted by atomic mass is 9.83. The summed E-state index contributed by atoms with van der Waals surface area (Å²) >= 11 is 1.61. The molecule has 14 aromatic rings. The van der Waals surface area contributed by atoms with Crippen LogP contribution in [0.25, 0.3) is 66.9 Å². The zero-order valence-electron chi connectivity index (χ0n) is 53.5. The van der Waals surface area contributed by atoms with E-state index >= 15 is 0 Å². The lowest BCUT2D eigenvalue weighted by Gasteiger charge is -2.26. The first-order chi connectivity index (χ1) is 47.5. The van der Waals surface area contributed by atoms with Crippen molar-refractivity contribution in [2.45, 2.75) is 50.5 Å². The summed E-state index contributed by atoms with van der Waals surface area (Å²) in [7, 11) is 0. The third kappa shape index (κ3) is 16.5. The number of nitrogens with zero attached hydrogens (tertiary/aromatic N) is 10. The van der Waals surface area contributed by atoms with Crippen molar-refractivity contribution in [3.8, 4) is 66.9 Å². The van der Waals surface area contributed by atoms with Crippen LogP contribution in [-0.2, 0) is 19.4 Å². The zero-order chi connectivity index (χ0) is 66.9. The SMILES string of the molecule is Nc1nc(-c2ccccc2)cn1NCC1CCCc2ccccc21.Nc1nc(-c2ccccc2)cn1NCC1CCc2ccccc21.Nc1nc(-c2ccccc2)cn1NCc1ccc(-c2ccccc2)cc1.Nc1nc(-c2ccco2)cn1N.Nc1nc(-c2cccs2)cn1N. The largest absolute Gasteiger partial charge is 0.463 e. The summed E-state index contributed by atoms with van der Waals surface area (Å²) in [5.41, 5.74) is 56.0. The molecule has 22 heteroatoms. The smallest absolute Gasteiger partial charge is 0.219 e. The van der Waals surface area contributed by atoms with Gasteiger partial charge in [0.15, 0.2) is 5.76 Å². The summed E-state index contributed by atoms with van der Waals surface area (Å²) < 4.78 is 13.1. The normalized spacial score (nSPS) is 13.4. The maximum atomic E-state index is 6.08. The lowest BCUT2D eigenvalue weighted by molar-refractivity contribution is 0.556. The first-order valence-corrected chi connectivity index (χ1v) is 32.8. The Bertz CT molecular complexity index is 4600. The number of imidazole rings is 5. The summed E-state index contributed by atoms with van der Waals surface area (Å²) in [6, 6.07) is 74.1. The molecule has 0 aliphatic heterocycles. The number of anilines is 5. The van der Waals surface area contributed by atoms with Crippen molar-refractivity contribution >= 4 is 41.1 Å². The summed E-state index contributed by atoms with van der Waals surface area (Å²) in [6.45, 7) is 2.40. The number of furan rings is 1. The lowest BCUT2D eigenvalue weighted by Crippen LogP contribution is -2.24. The fourth-order valence-electron chi connectivity index (χ4n) is 11.7. The van der Waals surface area contributed by atoms with Crippen LogP contribution in [-0.4, -0.2) is 61.4 Å². The fourth-order valence-corrected chi connectivity index (χ4v) is 12.4. The van der Waals surface area contributed by atoms with Crippen LogP contribution >= 0.6 is 11.3 Å². The average molecular weight is 1310 g/mol. The molecule has 2 aliphatic rings. The molecule has 7 aromatic carbocycles. The highest BCUT2D eigenvalue weighted by molar-refractivity contribution is 7.13. The molecule has 0 fully saturated rings. The maximum absolute atomic E-state index is 6.08. The van der Waals surface area contributed by atoms with Gasteiger partial charge in [-0.05, 0) is 94.6 Å². The van der Waals surface area contributed by atoms with Crippen LogP contribution in [0.1, 0.15) is 58.9 Å². The number of benzene rings is 7. The van der Waals surface area contributed by atoms with Crippen molar-refractivity contribution in [1.29, 1.82) is 0 Å². The molecule has 0 saturated heterocycles. The Balaban J connectivity index is 0.000000119. The topological polar surface area (TPSA) is 320 Å². The van der Waals surface area contributed by atoms with E-state index in [-0.39, 0.29) is 5.95 Å². The fraction of sp³-hybridized carbons (Fsp3) is 0.133. The average Bonchev–Trinajstić information content (AvgIpc) is 1.01. The highest BCUT2D eigenvalue weighted by Gasteiger charge is 2.23. The molecule has 16 rings (SSSR count). The van der Waals surface area contributed by atoms with Gasteiger partial charge in [-0.25, -0.2) is 48.3 Å². The van der Waals surface area contributed by atoms with Crippen molar-refractivity contribution in [3.63, 3.8) is 0 Å². The molecular formula is C75H78N20OS. The zero-order valence-corrected chi connectivity index (χ0v) is 54.3. The van der Waals surface area contributed by atoms with Crippen LogP contribution in [0.5, 0.6) is 0 Å². The van der Waals surface area contributed by atoms with Crippen LogP contribution in [0, 0.1) is 0 Å². The Morgan fingerprint density at radius 3 is 1.29 bits per heavy atom. The molecule has 97 heavy (non-hydrogen) atoms. The Hall–Kier alpha value is -12.4.